The first-order valence-electron chi connectivity index (χ1n) is 5.20. The predicted molar refractivity (Wildman–Crippen MR) is 67.7 cm³/mol. The second-order valence-corrected chi connectivity index (χ2v) is 5.66. The molecule has 1 aromatic rings. The van der Waals surface area contributed by atoms with E-state index in [1.165, 1.54) is 6.92 Å². The van der Waals surface area contributed by atoms with Crippen molar-refractivity contribution in [2.45, 2.75) is 32.2 Å². The first-order chi connectivity index (χ1) is 7.89. The van der Waals surface area contributed by atoms with Crippen LogP contribution in [0.15, 0.2) is 12.1 Å². The van der Waals surface area contributed by atoms with E-state index >= 15 is 0 Å². The molecule has 1 unspecified atom stereocenters. The van der Waals surface area contributed by atoms with Gasteiger partial charge in [-0.1, -0.05) is 24.9 Å². The second-order valence-electron chi connectivity index (χ2n) is 3.95. The van der Waals surface area contributed by atoms with Gasteiger partial charge in [-0.25, -0.2) is 4.79 Å². The lowest BCUT2D eigenvalue weighted by Crippen LogP contribution is -2.51. The van der Waals surface area contributed by atoms with E-state index in [1.54, 1.807) is 12.1 Å². The number of hydrogen-bond acceptors (Lipinski definition) is 3. The van der Waals surface area contributed by atoms with Gasteiger partial charge in [-0.15, -0.1) is 11.3 Å². The van der Waals surface area contributed by atoms with Gasteiger partial charge in [-0.05, 0) is 25.5 Å². The number of carboxylic acids is 1. The van der Waals surface area contributed by atoms with Crippen LogP contribution in [0.5, 0.6) is 0 Å². The Hall–Kier alpha value is -1.07. The fourth-order valence-electron chi connectivity index (χ4n) is 1.47. The molecule has 17 heavy (non-hydrogen) atoms. The first kappa shape index (κ1) is 14.0. The van der Waals surface area contributed by atoms with Crippen LogP contribution in [0.2, 0.25) is 4.34 Å². The molecule has 1 atom stereocenters. The maximum Gasteiger partial charge on any atom is 0.329 e. The van der Waals surface area contributed by atoms with Gasteiger partial charge in [0.15, 0.2) is 0 Å². The molecule has 0 saturated heterocycles. The van der Waals surface area contributed by atoms with Crippen molar-refractivity contribution in [3.63, 3.8) is 0 Å². The highest BCUT2D eigenvalue weighted by atomic mass is 35.5. The molecule has 1 rings (SSSR count). The molecular weight excluding hydrogens is 262 g/mol. The third-order valence-electron chi connectivity index (χ3n) is 2.41. The maximum atomic E-state index is 11.8. The minimum absolute atomic E-state index is 0.382. The molecule has 0 aliphatic heterocycles. The molecule has 4 nitrogen and oxygen atoms in total. The molecule has 0 spiro atoms. The molecule has 94 valence electrons. The van der Waals surface area contributed by atoms with E-state index in [4.69, 9.17) is 16.7 Å². The molecule has 0 radical (unpaired) electrons. The lowest BCUT2D eigenvalue weighted by molar-refractivity contribution is -0.144. The average molecular weight is 276 g/mol. The summed E-state index contributed by atoms with van der Waals surface area (Å²) < 4.78 is 0.502. The number of rotatable bonds is 5. The van der Waals surface area contributed by atoms with Crippen LogP contribution in [-0.2, 0) is 4.79 Å². The largest absolute Gasteiger partial charge is 0.480 e. The van der Waals surface area contributed by atoms with Crippen molar-refractivity contribution in [2.24, 2.45) is 0 Å². The van der Waals surface area contributed by atoms with Crippen LogP contribution in [0.25, 0.3) is 0 Å². The number of amides is 1. The Kier molecular flexibility index (Phi) is 4.54. The Bertz CT molecular complexity index is 432. The van der Waals surface area contributed by atoms with Gasteiger partial charge < -0.3 is 10.4 Å². The lowest BCUT2D eigenvalue weighted by atomic mass is 9.96. The van der Waals surface area contributed by atoms with Crippen molar-refractivity contribution in [2.75, 3.05) is 0 Å². The summed E-state index contributed by atoms with van der Waals surface area (Å²) in [6, 6.07) is 3.19. The molecule has 0 aromatic carbocycles. The van der Waals surface area contributed by atoms with Crippen LogP contribution >= 0.6 is 22.9 Å². The van der Waals surface area contributed by atoms with Crippen LogP contribution in [0.3, 0.4) is 0 Å². The van der Waals surface area contributed by atoms with Gasteiger partial charge in [0.2, 0.25) is 0 Å². The molecule has 0 bridgehead atoms. The van der Waals surface area contributed by atoms with Gasteiger partial charge in [0.05, 0.1) is 9.21 Å². The monoisotopic (exact) mass is 275 g/mol. The summed E-state index contributed by atoms with van der Waals surface area (Å²) in [6.07, 6.45) is 1.06. The Morgan fingerprint density at radius 1 is 1.53 bits per heavy atom. The Labute approximate surface area is 109 Å². The molecule has 0 saturated carbocycles. The molecule has 1 heterocycles. The number of thiophene rings is 1. The van der Waals surface area contributed by atoms with Crippen molar-refractivity contribution in [3.8, 4) is 0 Å². The van der Waals surface area contributed by atoms with Crippen molar-refractivity contribution in [1.29, 1.82) is 0 Å². The lowest BCUT2D eigenvalue weighted by Gasteiger charge is -2.25. The number of halogens is 1. The molecule has 0 aliphatic carbocycles. The van der Waals surface area contributed by atoms with Crippen molar-refractivity contribution in [1.82, 2.24) is 5.32 Å². The highest BCUT2D eigenvalue weighted by molar-refractivity contribution is 7.18. The van der Waals surface area contributed by atoms with E-state index in [-0.39, 0.29) is 0 Å². The Morgan fingerprint density at radius 2 is 2.18 bits per heavy atom. The molecule has 6 heteroatoms. The summed E-state index contributed by atoms with van der Waals surface area (Å²) in [6.45, 7) is 3.38. The smallest absolute Gasteiger partial charge is 0.329 e. The zero-order chi connectivity index (χ0) is 13.1. The predicted octanol–water partition coefficient (Wildman–Crippen LogP) is 2.77. The first-order valence-corrected chi connectivity index (χ1v) is 6.39. The summed E-state index contributed by atoms with van der Waals surface area (Å²) in [5, 5.41) is 11.7. The maximum absolute atomic E-state index is 11.8. The minimum atomic E-state index is -1.23. The van der Waals surface area contributed by atoms with Crippen LogP contribution in [0.1, 0.15) is 36.4 Å². The van der Waals surface area contributed by atoms with Gasteiger partial charge >= 0.3 is 5.97 Å². The van der Waals surface area contributed by atoms with Crippen molar-refractivity contribution < 1.29 is 14.7 Å². The normalized spacial score (nSPS) is 14.1. The van der Waals surface area contributed by atoms with Gasteiger partial charge in [0.25, 0.3) is 5.91 Å². The quantitative estimate of drug-likeness (QED) is 0.868. The van der Waals surface area contributed by atoms with Crippen LogP contribution in [-0.4, -0.2) is 22.5 Å². The van der Waals surface area contributed by atoms with E-state index in [0.29, 0.717) is 22.1 Å². The van der Waals surface area contributed by atoms with Gasteiger partial charge in [0, 0.05) is 0 Å². The summed E-state index contributed by atoms with van der Waals surface area (Å²) >= 11 is 6.85. The Balaban J connectivity index is 2.81. The van der Waals surface area contributed by atoms with Gasteiger partial charge in [-0.2, -0.15) is 0 Å². The molecule has 0 aliphatic rings. The van der Waals surface area contributed by atoms with Crippen LogP contribution < -0.4 is 5.32 Å². The molecule has 2 N–H and O–H groups in total. The van der Waals surface area contributed by atoms with Crippen molar-refractivity contribution in [3.05, 3.63) is 21.3 Å². The van der Waals surface area contributed by atoms with E-state index in [9.17, 15) is 9.59 Å². The summed E-state index contributed by atoms with van der Waals surface area (Å²) in [7, 11) is 0. The fourth-order valence-corrected chi connectivity index (χ4v) is 2.41. The third kappa shape index (κ3) is 3.44. The fraction of sp³-hybridized carbons (Fsp3) is 0.455. The Morgan fingerprint density at radius 3 is 2.59 bits per heavy atom. The second kappa shape index (κ2) is 5.51. The third-order valence-corrected chi connectivity index (χ3v) is 3.64. The summed E-state index contributed by atoms with van der Waals surface area (Å²) in [5.74, 6) is -1.43. The standard InChI is InChI=1S/C11H14ClNO3S/c1-3-6-11(2,10(15)16)13-9(14)7-4-5-8(12)17-7/h4-5H,3,6H2,1-2H3,(H,13,14)(H,15,16). The highest BCUT2D eigenvalue weighted by Crippen LogP contribution is 2.22. The number of hydrogen-bond donors (Lipinski definition) is 2. The SMILES string of the molecule is CCCC(C)(NC(=O)c1ccc(Cl)s1)C(=O)O. The zero-order valence-corrected chi connectivity index (χ0v) is 11.2. The summed E-state index contributed by atoms with van der Waals surface area (Å²) in [4.78, 5) is 23.4. The van der Waals surface area contributed by atoms with E-state index in [1.807, 2.05) is 6.92 Å². The number of carboxylic acid groups (broad SMARTS) is 1. The van der Waals surface area contributed by atoms with Gasteiger partial charge in [-0.3, -0.25) is 4.79 Å². The number of nitrogens with one attached hydrogen (secondary N) is 1. The van der Waals surface area contributed by atoms with Gasteiger partial charge in [0.1, 0.15) is 5.54 Å². The highest BCUT2D eigenvalue weighted by Gasteiger charge is 2.34. The van der Waals surface area contributed by atoms with E-state index in [2.05, 4.69) is 5.32 Å². The molecule has 1 amide bonds. The molecule has 1 aromatic heterocycles. The van der Waals surface area contributed by atoms with Crippen LogP contribution in [0.4, 0.5) is 0 Å². The number of carbonyl (C=O) groups excluding carboxylic acids is 1. The zero-order valence-electron chi connectivity index (χ0n) is 9.62. The number of aliphatic carboxylic acids is 1. The number of carbonyl (C=O) groups is 2. The molecular formula is C11H14ClNO3S. The average Bonchev–Trinajstić information content (AvgIpc) is 2.65. The molecule has 0 fully saturated rings. The topological polar surface area (TPSA) is 66.4 Å². The van der Waals surface area contributed by atoms with Crippen molar-refractivity contribution >= 4 is 34.8 Å². The van der Waals surface area contributed by atoms with E-state index < -0.39 is 17.4 Å². The van der Waals surface area contributed by atoms with E-state index in [0.717, 1.165) is 11.3 Å². The van der Waals surface area contributed by atoms with Crippen LogP contribution in [0, 0.1) is 0 Å². The minimum Gasteiger partial charge on any atom is -0.480 e. The summed E-state index contributed by atoms with van der Waals surface area (Å²) in [5.41, 5.74) is -1.23.